The van der Waals surface area contributed by atoms with Crippen molar-refractivity contribution in [1.82, 2.24) is 4.98 Å². The van der Waals surface area contributed by atoms with Gasteiger partial charge < -0.3 is 10.6 Å². The van der Waals surface area contributed by atoms with Crippen LogP contribution in [-0.4, -0.2) is 37.5 Å². The molecule has 1 aliphatic heterocycles. The maximum Gasteiger partial charge on any atom is 0.154 e. The van der Waals surface area contributed by atoms with E-state index in [4.69, 9.17) is 23.2 Å². The summed E-state index contributed by atoms with van der Waals surface area (Å²) in [6, 6.07) is 1.60. The quantitative estimate of drug-likeness (QED) is 0.864. The fourth-order valence-corrected chi connectivity index (χ4v) is 4.44. The molecule has 5 nitrogen and oxygen atoms in total. The average molecular weight is 338 g/mol. The van der Waals surface area contributed by atoms with Crippen molar-refractivity contribution in [3.05, 3.63) is 16.1 Å². The Morgan fingerprint density at radius 3 is 2.50 bits per heavy atom. The molecule has 1 aromatic heterocycles. The molecule has 1 atom stereocenters. The summed E-state index contributed by atoms with van der Waals surface area (Å²) in [6.07, 6.45) is 1.40. The number of anilines is 2. The van der Waals surface area contributed by atoms with Crippen molar-refractivity contribution >= 4 is 44.7 Å². The lowest BCUT2D eigenvalue weighted by Crippen LogP contribution is -2.25. The van der Waals surface area contributed by atoms with Gasteiger partial charge in [-0.3, -0.25) is 0 Å². The lowest BCUT2D eigenvalue weighted by molar-refractivity contribution is 0.591. The van der Waals surface area contributed by atoms with Gasteiger partial charge in [-0.15, -0.1) is 0 Å². The maximum absolute atomic E-state index is 11.8. The molecule has 0 aliphatic carbocycles. The monoisotopic (exact) mass is 337 g/mol. The number of aromatic nitrogens is 1. The molecule has 0 saturated carbocycles. The lowest BCUT2D eigenvalue weighted by Gasteiger charge is -2.14. The first-order valence-corrected chi connectivity index (χ1v) is 8.96. The molecule has 0 bridgehead atoms. The number of sulfone groups is 1. The molecule has 1 fully saturated rings. The first-order valence-electron chi connectivity index (χ1n) is 6.49. The summed E-state index contributed by atoms with van der Waals surface area (Å²) >= 11 is 12.1. The Balaban J connectivity index is 2.11. The Labute approximate surface area is 129 Å². The number of rotatable bonds is 5. The second kappa shape index (κ2) is 6.37. The molecule has 112 valence electrons. The minimum Gasteiger partial charge on any atom is -0.369 e. The van der Waals surface area contributed by atoms with Crippen molar-refractivity contribution in [1.29, 1.82) is 0 Å². The maximum atomic E-state index is 11.8. The molecule has 1 aromatic rings. The molecule has 2 heterocycles. The highest BCUT2D eigenvalue weighted by atomic mass is 35.5. The van der Waals surface area contributed by atoms with Crippen LogP contribution in [0.5, 0.6) is 0 Å². The summed E-state index contributed by atoms with van der Waals surface area (Å²) in [5.41, 5.74) is 0. The number of nitrogens with one attached hydrogen (secondary N) is 2. The zero-order chi connectivity index (χ0) is 14.8. The largest absolute Gasteiger partial charge is 0.369 e. The van der Waals surface area contributed by atoms with E-state index in [0.29, 0.717) is 41.2 Å². The topological polar surface area (TPSA) is 71.1 Å². The number of pyridine rings is 1. The zero-order valence-corrected chi connectivity index (χ0v) is 13.4. The summed E-state index contributed by atoms with van der Waals surface area (Å²) in [5.74, 6) is 1.26. The lowest BCUT2D eigenvalue weighted by atomic mass is 10.2. The Morgan fingerprint density at radius 2 is 1.95 bits per heavy atom. The number of hydrogen-bond donors (Lipinski definition) is 2. The smallest absolute Gasteiger partial charge is 0.154 e. The normalized spacial score (nSPS) is 20.9. The van der Waals surface area contributed by atoms with Crippen LogP contribution in [0.3, 0.4) is 0 Å². The number of halogens is 2. The van der Waals surface area contributed by atoms with E-state index >= 15 is 0 Å². The first kappa shape index (κ1) is 15.7. The van der Waals surface area contributed by atoms with Crippen LogP contribution in [0.15, 0.2) is 6.07 Å². The minimum absolute atomic E-state index is 0.268. The van der Waals surface area contributed by atoms with Crippen molar-refractivity contribution in [3.8, 4) is 0 Å². The van der Waals surface area contributed by atoms with Gasteiger partial charge in [-0.1, -0.05) is 23.2 Å². The molecular formula is C12H17Cl2N3O2S. The second-order valence-corrected chi connectivity index (χ2v) is 7.91. The molecule has 0 radical (unpaired) electrons. The molecule has 2 N–H and O–H groups in total. The second-order valence-electron chi connectivity index (χ2n) is 4.69. The summed E-state index contributed by atoms with van der Waals surface area (Å²) in [6.45, 7) is 2.94. The van der Waals surface area contributed by atoms with Crippen molar-refractivity contribution < 1.29 is 8.42 Å². The number of nitrogens with zero attached hydrogens (tertiary/aromatic N) is 1. The van der Waals surface area contributed by atoms with Gasteiger partial charge in [0.1, 0.15) is 11.6 Å². The van der Waals surface area contributed by atoms with Crippen molar-refractivity contribution in [3.63, 3.8) is 0 Å². The highest BCUT2D eigenvalue weighted by Crippen LogP contribution is 2.29. The standard InChI is InChI=1S/C12H17Cl2N3O2S/c1-2-15-11-9(13)6-10(14)12(17-11)16-7-8-4-3-5-20(8,18)19/h6,8H,2-5,7H2,1H3,(H2,15,16,17). The van der Waals surface area contributed by atoms with Gasteiger partial charge in [-0.25, -0.2) is 13.4 Å². The van der Waals surface area contributed by atoms with Gasteiger partial charge in [-0.05, 0) is 25.8 Å². The van der Waals surface area contributed by atoms with Gasteiger partial charge in [0.15, 0.2) is 9.84 Å². The SMILES string of the molecule is CCNc1nc(NCC2CCCS2(=O)=O)c(Cl)cc1Cl. The predicted molar refractivity (Wildman–Crippen MR) is 83.7 cm³/mol. The highest BCUT2D eigenvalue weighted by Gasteiger charge is 2.31. The summed E-state index contributed by atoms with van der Waals surface area (Å²) in [7, 11) is -2.97. The van der Waals surface area contributed by atoms with Gasteiger partial charge in [0.25, 0.3) is 0 Å². The van der Waals surface area contributed by atoms with E-state index in [-0.39, 0.29) is 11.0 Å². The van der Waals surface area contributed by atoms with Crippen LogP contribution in [0.25, 0.3) is 0 Å². The van der Waals surface area contributed by atoms with E-state index in [9.17, 15) is 8.42 Å². The van der Waals surface area contributed by atoms with Crippen LogP contribution in [0.1, 0.15) is 19.8 Å². The Hall–Kier alpha value is -0.720. The average Bonchev–Trinajstić information content (AvgIpc) is 2.70. The summed E-state index contributed by atoms with van der Waals surface area (Å²) in [4.78, 5) is 4.29. The van der Waals surface area contributed by atoms with Crippen LogP contribution < -0.4 is 10.6 Å². The van der Waals surface area contributed by atoms with E-state index in [1.54, 1.807) is 6.07 Å². The van der Waals surface area contributed by atoms with E-state index < -0.39 is 9.84 Å². The predicted octanol–water partition coefficient (Wildman–Crippen LogP) is 2.81. The Morgan fingerprint density at radius 1 is 1.30 bits per heavy atom. The summed E-state index contributed by atoms with van der Waals surface area (Å²) < 4.78 is 23.5. The molecule has 1 aliphatic rings. The molecule has 0 aromatic carbocycles. The first-order chi connectivity index (χ1) is 9.44. The molecular weight excluding hydrogens is 321 g/mol. The fraction of sp³-hybridized carbons (Fsp3) is 0.583. The van der Waals surface area contributed by atoms with Crippen molar-refractivity contribution in [2.45, 2.75) is 25.0 Å². The molecule has 2 rings (SSSR count). The molecule has 1 saturated heterocycles. The minimum atomic E-state index is -2.97. The zero-order valence-electron chi connectivity index (χ0n) is 11.1. The molecule has 0 amide bonds. The summed E-state index contributed by atoms with van der Waals surface area (Å²) in [5, 5.41) is 6.50. The molecule has 1 unspecified atom stereocenters. The fourth-order valence-electron chi connectivity index (χ4n) is 2.18. The van der Waals surface area contributed by atoms with Crippen LogP contribution in [0.4, 0.5) is 11.6 Å². The Bertz CT molecular complexity index is 593. The molecule has 0 spiro atoms. The van der Waals surface area contributed by atoms with Gasteiger partial charge >= 0.3 is 0 Å². The van der Waals surface area contributed by atoms with Crippen LogP contribution >= 0.6 is 23.2 Å². The van der Waals surface area contributed by atoms with E-state index in [0.717, 1.165) is 6.42 Å². The third-order valence-electron chi connectivity index (χ3n) is 3.23. The molecule has 8 heteroatoms. The van der Waals surface area contributed by atoms with Crippen LogP contribution in [-0.2, 0) is 9.84 Å². The van der Waals surface area contributed by atoms with E-state index in [1.165, 1.54) is 0 Å². The third-order valence-corrected chi connectivity index (χ3v) is 6.09. The third kappa shape index (κ3) is 3.48. The highest BCUT2D eigenvalue weighted by molar-refractivity contribution is 7.92. The molecule has 20 heavy (non-hydrogen) atoms. The number of hydrogen-bond acceptors (Lipinski definition) is 5. The van der Waals surface area contributed by atoms with Gasteiger partial charge in [0.05, 0.1) is 21.0 Å². The van der Waals surface area contributed by atoms with Crippen molar-refractivity contribution in [2.24, 2.45) is 0 Å². The van der Waals surface area contributed by atoms with E-state index in [1.807, 2.05) is 6.92 Å². The van der Waals surface area contributed by atoms with Crippen LogP contribution in [0.2, 0.25) is 10.0 Å². The van der Waals surface area contributed by atoms with Gasteiger partial charge in [0.2, 0.25) is 0 Å². The van der Waals surface area contributed by atoms with Crippen molar-refractivity contribution in [2.75, 3.05) is 29.5 Å². The van der Waals surface area contributed by atoms with E-state index in [2.05, 4.69) is 15.6 Å². The Kier molecular flexibility index (Phi) is 4.99. The van der Waals surface area contributed by atoms with Gasteiger partial charge in [-0.2, -0.15) is 0 Å². The van der Waals surface area contributed by atoms with Crippen LogP contribution in [0, 0.1) is 0 Å². The van der Waals surface area contributed by atoms with Gasteiger partial charge in [0, 0.05) is 13.1 Å².